The average Bonchev–Trinajstić information content (AvgIpc) is 2.91. The smallest absolute Gasteiger partial charge is 0.305 e. The van der Waals surface area contributed by atoms with Crippen molar-refractivity contribution in [2.24, 2.45) is 5.92 Å². The summed E-state index contributed by atoms with van der Waals surface area (Å²) in [6, 6.07) is 5.99. The minimum atomic E-state index is 0.0553. The lowest BCUT2D eigenvalue weighted by Gasteiger charge is -2.10. The molecule has 4 nitrogen and oxygen atoms in total. The summed E-state index contributed by atoms with van der Waals surface area (Å²) >= 11 is 7.62. The zero-order chi connectivity index (χ0) is 12.7. The van der Waals surface area contributed by atoms with Crippen LogP contribution in [0.3, 0.4) is 0 Å². The van der Waals surface area contributed by atoms with E-state index in [1.165, 1.54) is 0 Å². The molecule has 1 unspecified atom stereocenters. The van der Waals surface area contributed by atoms with Crippen LogP contribution < -0.4 is 4.90 Å². The molecule has 94 valence electrons. The summed E-state index contributed by atoms with van der Waals surface area (Å²) in [5, 5.41) is 0. The van der Waals surface area contributed by atoms with Gasteiger partial charge >= 0.3 is 6.01 Å². The zero-order valence-electron chi connectivity index (χ0n) is 9.47. The van der Waals surface area contributed by atoms with Gasteiger partial charge in [0.2, 0.25) is 5.91 Å². The van der Waals surface area contributed by atoms with E-state index in [-0.39, 0.29) is 11.8 Å². The Morgan fingerprint density at radius 3 is 3.11 bits per heavy atom. The van der Waals surface area contributed by atoms with E-state index in [1.54, 1.807) is 4.90 Å². The van der Waals surface area contributed by atoms with Crippen LogP contribution in [0.1, 0.15) is 6.42 Å². The lowest BCUT2D eigenvalue weighted by atomic mass is 10.1. The molecule has 0 aliphatic carbocycles. The molecule has 2 aromatic rings. The summed E-state index contributed by atoms with van der Waals surface area (Å²) in [6.45, 7) is 0.635. The van der Waals surface area contributed by atoms with E-state index in [9.17, 15) is 4.79 Å². The first-order valence-electron chi connectivity index (χ1n) is 5.64. The molecular formula is C12H11BrN2O2S. The lowest BCUT2D eigenvalue weighted by Crippen LogP contribution is -2.24. The van der Waals surface area contributed by atoms with Gasteiger partial charge in [-0.25, -0.2) is 0 Å². The molecule has 1 aliphatic heterocycles. The predicted molar refractivity (Wildman–Crippen MR) is 76.0 cm³/mol. The molecule has 1 amide bonds. The quantitative estimate of drug-likeness (QED) is 0.863. The van der Waals surface area contributed by atoms with Gasteiger partial charge in [-0.05, 0) is 29.9 Å². The molecule has 6 heteroatoms. The van der Waals surface area contributed by atoms with Crippen molar-refractivity contribution in [2.75, 3.05) is 17.2 Å². The van der Waals surface area contributed by atoms with Crippen molar-refractivity contribution in [1.82, 2.24) is 4.98 Å². The fourth-order valence-corrected chi connectivity index (χ4v) is 2.69. The van der Waals surface area contributed by atoms with E-state index >= 15 is 0 Å². The maximum Gasteiger partial charge on any atom is 0.305 e. The number of oxazole rings is 1. The fourth-order valence-electron chi connectivity index (χ4n) is 2.09. The molecule has 0 bridgehead atoms. The minimum absolute atomic E-state index is 0.0553. The highest BCUT2D eigenvalue weighted by atomic mass is 79.9. The number of rotatable bonds is 2. The third-order valence-corrected chi connectivity index (χ3v) is 4.04. The Labute approximate surface area is 118 Å². The Morgan fingerprint density at radius 1 is 1.56 bits per heavy atom. The van der Waals surface area contributed by atoms with E-state index in [1.807, 2.05) is 18.2 Å². The molecule has 1 fully saturated rings. The third kappa shape index (κ3) is 2.03. The highest BCUT2D eigenvalue weighted by molar-refractivity contribution is 9.10. The number of carbonyl (C=O) groups is 1. The Hall–Kier alpha value is -1.01. The average molecular weight is 327 g/mol. The van der Waals surface area contributed by atoms with Crippen molar-refractivity contribution < 1.29 is 9.21 Å². The Bertz CT molecular complexity index is 613. The van der Waals surface area contributed by atoms with E-state index in [4.69, 9.17) is 4.42 Å². The summed E-state index contributed by atoms with van der Waals surface area (Å²) in [5.41, 5.74) is 1.44. The van der Waals surface area contributed by atoms with Gasteiger partial charge in [0.1, 0.15) is 5.52 Å². The van der Waals surface area contributed by atoms with Crippen LogP contribution in [0, 0.1) is 5.92 Å². The minimum Gasteiger partial charge on any atom is -0.423 e. The van der Waals surface area contributed by atoms with Gasteiger partial charge in [-0.15, -0.1) is 0 Å². The third-order valence-electron chi connectivity index (χ3n) is 3.03. The molecule has 1 atom stereocenters. The summed E-state index contributed by atoms with van der Waals surface area (Å²) in [4.78, 5) is 17.8. The highest BCUT2D eigenvalue weighted by Gasteiger charge is 2.32. The first kappa shape index (κ1) is 12.0. The lowest BCUT2D eigenvalue weighted by molar-refractivity contribution is -0.117. The summed E-state index contributed by atoms with van der Waals surface area (Å²) in [6.07, 6.45) is 0.520. The second kappa shape index (κ2) is 4.59. The van der Waals surface area contributed by atoms with Gasteiger partial charge in [-0.3, -0.25) is 9.69 Å². The van der Waals surface area contributed by atoms with E-state index < -0.39 is 0 Å². The molecule has 2 heterocycles. The molecule has 0 radical (unpaired) electrons. The number of benzene rings is 1. The van der Waals surface area contributed by atoms with Crippen molar-refractivity contribution in [2.45, 2.75) is 6.42 Å². The van der Waals surface area contributed by atoms with Crippen molar-refractivity contribution in [3.8, 4) is 0 Å². The maximum atomic E-state index is 11.9. The van der Waals surface area contributed by atoms with Crippen LogP contribution in [-0.2, 0) is 4.79 Å². The molecule has 0 saturated carbocycles. The van der Waals surface area contributed by atoms with Gasteiger partial charge in [-0.1, -0.05) is 15.9 Å². The van der Waals surface area contributed by atoms with Crippen LogP contribution in [0.4, 0.5) is 6.01 Å². The van der Waals surface area contributed by atoms with E-state index in [2.05, 4.69) is 33.5 Å². The Balaban J connectivity index is 1.97. The monoisotopic (exact) mass is 326 g/mol. The number of hydrogen-bond acceptors (Lipinski definition) is 4. The molecule has 1 aromatic heterocycles. The number of anilines is 1. The van der Waals surface area contributed by atoms with Gasteiger partial charge in [0, 0.05) is 17.4 Å². The summed E-state index contributed by atoms with van der Waals surface area (Å²) in [5.74, 6) is 1.04. The number of thiol groups is 1. The molecule has 1 aromatic carbocycles. The summed E-state index contributed by atoms with van der Waals surface area (Å²) < 4.78 is 6.56. The standard InChI is InChI=1S/C12H11BrN2O2S/c13-8-1-2-10-9(4-8)14-12(17-10)15-5-7(6-18)3-11(15)16/h1-2,4,7,18H,3,5-6H2. The largest absolute Gasteiger partial charge is 0.423 e. The Kier molecular flexibility index (Phi) is 3.07. The second-order valence-electron chi connectivity index (χ2n) is 4.37. The number of hydrogen-bond donors (Lipinski definition) is 1. The second-order valence-corrected chi connectivity index (χ2v) is 5.65. The Morgan fingerprint density at radius 2 is 2.39 bits per heavy atom. The maximum absolute atomic E-state index is 11.9. The molecule has 1 saturated heterocycles. The van der Waals surface area contributed by atoms with Crippen LogP contribution in [0.2, 0.25) is 0 Å². The topological polar surface area (TPSA) is 46.3 Å². The normalized spacial score (nSPS) is 20.0. The van der Waals surface area contributed by atoms with Gasteiger partial charge in [-0.2, -0.15) is 17.6 Å². The number of aromatic nitrogens is 1. The van der Waals surface area contributed by atoms with E-state index in [0.29, 0.717) is 30.3 Å². The number of carbonyl (C=O) groups excluding carboxylic acids is 1. The fraction of sp³-hybridized carbons (Fsp3) is 0.333. The predicted octanol–water partition coefficient (Wildman–Crippen LogP) is 2.87. The van der Waals surface area contributed by atoms with Crippen molar-refractivity contribution in [1.29, 1.82) is 0 Å². The first-order chi connectivity index (χ1) is 8.67. The number of amides is 1. The number of fused-ring (bicyclic) bond motifs is 1. The van der Waals surface area contributed by atoms with Crippen LogP contribution >= 0.6 is 28.6 Å². The van der Waals surface area contributed by atoms with Crippen molar-refractivity contribution in [3.05, 3.63) is 22.7 Å². The SMILES string of the molecule is O=C1CC(CS)CN1c1nc2cc(Br)ccc2o1. The molecule has 1 aliphatic rings. The van der Waals surface area contributed by atoms with Gasteiger partial charge < -0.3 is 4.42 Å². The molecule has 0 spiro atoms. The number of halogens is 1. The van der Waals surface area contributed by atoms with Crippen LogP contribution in [-0.4, -0.2) is 23.2 Å². The first-order valence-corrected chi connectivity index (χ1v) is 7.07. The molecule has 3 rings (SSSR count). The number of nitrogens with zero attached hydrogens (tertiary/aromatic N) is 2. The van der Waals surface area contributed by atoms with Gasteiger partial charge in [0.25, 0.3) is 0 Å². The van der Waals surface area contributed by atoms with Gasteiger partial charge in [0.15, 0.2) is 5.58 Å². The van der Waals surface area contributed by atoms with Crippen molar-refractivity contribution >= 4 is 51.6 Å². The van der Waals surface area contributed by atoms with Crippen LogP contribution in [0.15, 0.2) is 27.1 Å². The van der Waals surface area contributed by atoms with Crippen molar-refractivity contribution in [3.63, 3.8) is 0 Å². The van der Waals surface area contributed by atoms with Gasteiger partial charge in [0.05, 0.1) is 0 Å². The molecular weight excluding hydrogens is 316 g/mol. The molecule has 18 heavy (non-hydrogen) atoms. The van der Waals surface area contributed by atoms with Crippen LogP contribution in [0.5, 0.6) is 0 Å². The highest BCUT2D eigenvalue weighted by Crippen LogP contribution is 2.29. The van der Waals surface area contributed by atoms with Crippen LogP contribution in [0.25, 0.3) is 11.1 Å². The zero-order valence-corrected chi connectivity index (χ0v) is 11.9. The summed E-state index contributed by atoms with van der Waals surface area (Å²) in [7, 11) is 0. The molecule has 0 N–H and O–H groups in total. The van der Waals surface area contributed by atoms with E-state index in [0.717, 1.165) is 9.99 Å².